The molecule has 0 aliphatic rings. The quantitative estimate of drug-likeness (QED) is 0.386. The number of benzene rings is 3. The van der Waals surface area contributed by atoms with Gasteiger partial charge in [-0.3, -0.25) is 9.48 Å². The number of hydrogen-bond acceptors (Lipinski definition) is 5. The number of rotatable bonds is 8. The lowest BCUT2D eigenvalue weighted by Gasteiger charge is -2.13. The predicted molar refractivity (Wildman–Crippen MR) is 135 cm³/mol. The maximum Gasteiger partial charge on any atom is 0.283 e. The van der Waals surface area contributed by atoms with Crippen molar-refractivity contribution in [2.45, 2.75) is 32.2 Å². The summed E-state index contributed by atoms with van der Waals surface area (Å²) < 4.78 is 35.1. The minimum atomic E-state index is -4.05. The predicted octanol–water partition coefficient (Wildman–Crippen LogP) is 4.73. The fraction of sp³-hybridized carbons (Fsp3) is 0.185. The highest BCUT2D eigenvalue weighted by Gasteiger charge is 2.24. The van der Waals surface area contributed by atoms with Crippen LogP contribution in [0.5, 0.6) is 5.75 Å². The Hall–Kier alpha value is -3.91. The van der Waals surface area contributed by atoms with E-state index in [1.54, 1.807) is 28.9 Å². The molecule has 1 N–H and O–H groups in total. The number of nitrogens with one attached hydrogen (secondary N) is 1. The zero-order chi connectivity index (χ0) is 25.0. The third-order valence-electron chi connectivity index (χ3n) is 5.71. The maximum atomic E-state index is 13.3. The summed E-state index contributed by atoms with van der Waals surface area (Å²) in [5.74, 6) is -0.122. The molecule has 4 rings (SSSR count). The third kappa shape index (κ3) is 5.27. The molecule has 1 amide bonds. The van der Waals surface area contributed by atoms with Crippen LogP contribution in [0.15, 0.2) is 83.8 Å². The van der Waals surface area contributed by atoms with Crippen LogP contribution in [0.25, 0.3) is 11.3 Å². The van der Waals surface area contributed by atoms with Crippen molar-refractivity contribution in [3.8, 4) is 17.0 Å². The first-order chi connectivity index (χ1) is 16.8. The molecule has 0 bridgehead atoms. The van der Waals surface area contributed by atoms with Crippen LogP contribution in [0, 0.1) is 13.8 Å². The van der Waals surface area contributed by atoms with Gasteiger partial charge in [0.1, 0.15) is 11.4 Å². The van der Waals surface area contributed by atoms with E-state index in [0.29, 0.717) is 24.6 Å². The number of sulfonamides is 1. The minimum Gasteiger partial charge on any atom is -0.493 e. The summed E-state index contributed by atoms with van der Waals surface area (Å²) in [4.78, 5) is 13.3. The van der Waals surface area contributed by atoms with E-state index < -0.39 is 15.9 Å². The highest BCUT2D eigenvalue weighted by molar-refractivity contribution is 7.90. The van der Waals surface area contributed by atoms with Crippen molar-refractivity contribution >= 4 is 15.9 Å². The van der Waals surface area contributed by atoms with Crippen LogP contribution in [0.3, 0.4) is 0 Å². The van der Waals surface area contributed by atoms with Gasteiger partial charge >= 0.3 is 0 Å². The lowest BCUT2D eigenvalue weighted by molar-refractivity contribution is 0.0971. The normalized spacial score (nSPS) is 11.3. The van der Waals surface area contributed by atoms with Crippen molar-refractivity contribution in [1.29, 1.82) is 0 Å². The molecule has 0 radical (unpaired) electrons. The Morgan fingerprint density at radius 1 is 0.943 bits per heavy atom. The van der Waals surface area contributed by atoms with Gasteiger partial charge in [-0.2, -0.15) is 5.10 Å². The molecule has 0 saturated heterocycles. The molecule has 0 atom stereocenters. The number of ether oxygens (including phenoxy) is 1. The second-order valence-electron chi connectivity index (χ2n) is 8.12. The Morgan fingerprint density at radius 2 is 1.60 bits per heavy atom. The van der Waals surface area contributed by atoms with Crippen molar-refractivity contribution in [2.24, 2.45) is 0 Å². The number of carbonyl (C=O) groups is 1. The summed E-state index contributed by atoms with van der Waals surface area (Å²) in [5, 5.41) is 4.71. The molecular formula is C27H27N3O4S. The number of nitrogens with zero attached hydrogens (tertiary/aromatic N) is 2. The van der Waals surface area contributed by atoms with Crippen LogP contribution in [0.1, 0.15) is 34.1 Å². The lowest BCUT2D eigenvalue weighted by atomic mass is 10.0. The molecule has 0 unspecified atom stereocenters. The number of carbonyl (C=O) groups excluding carboxylic acids is 1. The highest BCUT2D eigenvalue weighted by atomic mass is 32.2. The van der Waals surface area contributed by atoms with E-state index >= 15 is 0 Å². The largest absolute Gasteiger partial charge is 0.493 e. The number of aryl methyl sites for hydroxylation is 2. The van der Waals surface area contributed by atoms with Crippen LogP contribution in [0.4, 0.5) is 0 Å². The van der Waals surface area contributed by atoms with Gasteiger partial charge in [0.2, 0.25) is 0 Å². The fourth-order valence-corrected chi connectivity index (χ4v) is 4.87. The summed E-state index contributed by atoms with van der Waals surface area (Å²) in [5.41, 5.74) is 4.49. The fourth-order valence-electron chi connectivity index (χ4n) is 3.89. The SMILES string of the molecule is CCOc1ccccc1-c1cc(C(=O)NS(=O)(=O)c2ccccc2)n(Cc2c(C)cccc2C)n1. The molecule has 3 aromatic carbocycles. The molecule has 180 valence electrons. The molecule has 0 aliphatic carbocycles. The summed E-state index contributed by atoms with van der Waals surface area (Å²) in [6.45, 7) is 6.67. The molecule has 8 heteroatoms. The monoisotopic (exact) mass is 489 g/mol. The molecule has 0 fully saturated rings. The zero-order valence-corrected chi connectivity index (χ0v) is 20.7. The van der Waals surface area contributed by atoms with Gasteiger partial charge in [-0.05, 0) is 67.8 Å². The molecule has 7 nitrogen and oxygen atoms in total. The number of aromatic nitrogens is 2. The van der Waals surface area contributed by atoms with E-state index in [4.69, 9.17) is 9.84 Å². The minimum absolute atomic E-state index is 0.0103. The van der Waals surface area contributed by atoms with Gasteiger partial charge in [0.05, 0.1) is 23.7 Å². The van der Waals surface area contributed by atoms with Crippen molar-refractivity contribution < 1.29 is 17.9 Å². The van der Waals surface area contributed by atoms with E-state index in [1.807, 2.05) is 63.2 Å². The van der Waals surface area contributed by atoms with Gasteiger partial charge in [-0.1, -0.05) is 48.5 Å². The van der Waals surface area contributed by atoms with Crippen LogP contribution >= 0.6 is 0 Å². The Labute approximate surface area is 205 Å². The second kappa shape index (κ2) is 10.1. The van der Waals surface area contributed by atoms with E-state index in [1.165, 1.54) is 12.1 Å². The smallest absolute Gasteiger partial charge is 0.283 e. The van der Waals surface area contributed by atoms with Gasteiger partial charge in [0, 0.05) is 5.56 Å². The molecular weight excluding hydrogens is 462 g/mol. The van der Waals surface area contributed by atoms with E-state index in [0.717, 1.165) is 22.3 Å². The van der Waals surface area contributed by atoms with Gasteiger partial charge in [0.15, 0.2) is 0 Å². The van der Waals surface area contributed by atoms with E-state index in [2.05, 4.69) is 4.72 Å². The Bertz CT molecular complexity index is 1440. The first-order valence-corrected chi connectivity index (χ1v) is 12.8. The van der Waals surface area contributed by atoms with Crippen molar-refractivity contribution in [3.05, 3.63) is 101 Å². The van der Waals surface area contributed by atoms with Crippen molar-refractivity contribution in [2.75, 3.05) is 6.61 Å². The molecule has 35 heavy (non-hydrogen) atoms. The first kappa shape index (κ1) is 24.2. The average molecular weight is 490 g/mol. The Kier molecular flexibility index (Phi) is 7.02. The first-order valence-electron chi connectivity index (χ1n) is 11.3. The molecule has 0 aliphatic heterocycles. The Balaban J connectivity index is 1.78. The molecule has 0 saturated carbocycles. The molecule has 0 spiro atoms. The number of amides is 1. The molecule has 1 aromatic heterocycles. The third-order valence-corrected chi connectivity index (χ3v) is 7.06. The van der Waals surface area contributed by atoms with Crippen molar-refractivity contribution in [3.63, 3.8) is 0 Å². The van der Waals surface area contributed by atoms with Crippen molar-refractivity contribution in [1.82, 2.24) is 14.5 Å². The number of para-hydroxylation sites is 1. The highest BCUT2D eigenvalue weighted by Crippen LogP contribution is 2.30. The second-order valence-corrected chi connectivity index (χ2v) is 9.80. The van der Waals surface area contributed by atoms with Crippen LogP contribution in [0.2, 0.25) is 0 Å². The maximum absolute atomic E-state index is 13.3. The van der Waals surface area contributed by atoms with E-state index in [-0.39, 0.29) is 10.6 Å². The average Bonchev–Trinajstić information content (AvgIpc) is 3.26. The summed E-state index contributed by atoms with van der Waals surface area (Å²) >= 11 is 0. The molecule has 1 heterocycles. The van der Waals surface area contributed by atoms with Gasteiger partial charge < -0.3 is 4.74 Å². The summed E-state index contributed by atoms with van der Waals surface area (Å²) in [6, 6.07) is 22.8. The summed E-state index contributed by atoms with van der Waals surface area (Å²) in [7, 11) is -4.05. The van der Waals surface area contributed by atoms with Gasteiger partial charge in [-0.25, -0.2) is 13.1 Å². The topological polar surface area (TPSA) is 90.3 Å². The van der Waals surface area contributed by atoms with Crippen LogP contribution in [-0.2, 0) is 16.6 Å². The van der Waals surface area contributed by atoms with Gasteiger partial charge in [-0.15, -0.1) is 0 Å². The summed E-state index contributed by atoms with van der Waals surface area (Å²) in [6.07, 6.45) is 0. The Morgan fingerprint density at radius 3 is 2.29 bits per heavy atom. The van der Waals surface area contributed by atoms with Gasteiger partial charge in [0.25, 0.3) is 15.9 Å². The molecule has 4 aromatic rings. The zero-order valence-electron chi connectivity index (χ0n) is 19.9. The lowest BCUT2D eigenvalue weighted by Crippen LogP contribution is -2.32. The van der Waals surface area contributed by atoms with Crippen LogP contribution < -0.4 is 9.46 Å². The van der Waals surface area contributed by atoms with E-state index in [9.17, 15) is 13.2 Å². The van der Waals surface area contributed by atoms with Crippen LogP contribution in [-0.4, -0.2) is 30.7 Å². The number of hydrogen-bond donors (Lipinski definition) is 1. The standard InChI is InChI=1S/C27H27N3O4S/c1-4-34-26-16-9-8-15-22(26)24-17-25(27(31)29-35(32,33)21-13-6-5-7-14-21)30(28-24)18-23-19(2)11-10-12-20(23)3/h5-17H,4,18H2,1-3H3,(H,29,31).